The molecule has 17 heavy (non-hydrogen) atoms. The Kier molecular flexibility index (Phi) is 9.99. The lowest BCUT2D eigenvalue weighted by Gasteiger charge is -2.16. The summed E-state index contributed by atoms with van der Waals surface area (Å²) in [4.78, 5) is 9.34. The van der Waals surface area contributed by atoms with Gasteiger partial charge in [0.05, 0.1) is 24.0 Å². The quantitative estimate of drug-likeness (QED) is 0.491. The van der Waals surface area contributed by atoms with Crippen molar-refractivity contribution in [2.24, 2.45) is 0 Å². The van der Waals surface area contributed by atoms with E-state index >= 15 is 0 Å². The Morgan fingerprint density at radius 1 is 1.06 bits per heavy atom. The predicted octanol–water partition coefficient (Wildman–Crippen LogP) is 3.94. The van der Waals surface area contributed by atoms with Gasteiger partial charge in [0, 0.05) is 0 Å². The molecule has 0 aliphatic carbocycles. The molecule has 0 spiro atoms. The van der Waals surface area contributed by atoms with Gasteiger partial charge in [0.1, 0.15) is 0 Å². The molecule has 2 atom stereocenters. The monoisotopic (exact) mass is 306 g/mol. The van der Waals surface area contributed by atoms with E-state index in [2.05, 4.69) is 0 Å². The van der Waals surface area contributed by atoms with E-state index in [0.29, 0.717) is 0 Å². The first-order valence-corrected chi connectivity index (χ1v) is 8.18. The molecule has 0 aliphatic heterocycles. The molecule has 104 valence electrons. The Balaban J connectivity index is 3.83. The number of hydrogen-bond acceptors (Lipinski definition) is 3. The van der Waals surface area contributed by atoms with Crippen LogP contribution in [0.5, 0.6) is 0 Å². The summed E-state index contributed by atoms with van der Waals surface area (Å²) >= 11 is 11.7. The lowest BCUT2D eigenvalue weighted by molar-refractivity contribution is 0.147. The lowest BCUT2D eigenvalue weighted by atomic mass is 10.3. The Morgan fingerprint density at radius 2 is 1.41 bits per heavy atom. The average molecular weight is 307 g/mol. The molecule has 0 aromatic rings. The van der Waals surface area contributed by atoms with Crippen molar-refractivity contribution in [2.75, 3.05) is 13.2 Å². The second kappa shape index (κ2) is 9.60. The first-order chi connectivity index (χ1) is 7.91. The minimum atomic E-state index is -4.02. The predicted molar refractivity (Wildman–Crippen MR) is 70.8 cm³/mol. The zero-order valence-corrected chi connectivity index (χ0v) is 12.7. The molecule has 0 saturated carbocycles. The second-order valence-corrected chi connectivity index (χ2v) is 6.52. The first kappa shape index (κ1) is 17.7. The average Bonchev–Trinajstić information content (AvgIpc) is 2.25. The molecule has 1 N–H and O–H groups in total. The van der Waals surface area contributed by atoms with Crippen LogP contribution in [-0.2, 0) is 13.6 Å². The van der Waals surface area contributed by atoms with Crippen LogP contribution >= 0.6 is 31.0 Å². The number of phosphoric ester groups is 1. The van der Waals surface area contributed by atoms with Gasteiger partial charge in [-0.2, -0.15) is 0 Å². The summed E-state index contributed by atoms with van der Waals surface area (Å²) in [7, 11) is -4.02. The summed E-state index contributed by atoms with van der Waals surface area (Å²) in [5.41, 5.74) is 0. The minimum Gasteiger partial charge on any atom is -0.302 e. The van der Waals surface area contributed by atoms with Crippen LogP contribution in [0.3, 0.4) is 0 Å². The number of halogens is 2. The lowest BCUT2D eigenvalue weighted by Crippen LogP contribution is -2.12. The van der Waals surface area contributed by atoms with Gasteiger partial charge in [-0.15, -0.1) is 23.2 Å². The summed E-state index contributed by atoms with van der Waals surface area (Å²) < 4.78 is 21.0. The van der Waals surface area contributed by atoms with Gasteiger partial charge in [-0.3, -0.25) is 9.05 Å². The summed E-state index contributed by atoms with van der Waals surface area (Å²) in [6, 6.07) is 0. The van der Waals surface area contributed by atoms with Crippen molar-refractivity contribution >= 4 is 31.0 Å². The molecule has 0 rings (SSSR count). The third-order valence-corrected chi connectivity index (χ3v) is 3.68. The van der Waals surface area contributed by atoms with Crippen LogP contribution in [0.4, 0.5) is 0 Å². The van der Waals surface area contributed by atoms with E-state index in [4.69, 9.17) is 32.2 Å². The Bertz CT molecular complexity index is 220. The summed E-state index contributed by atoms with van der Waals surface area (Å²) in [6.45, 7) is 3.97. The van der Waals surface area contributed by atoms with Crippen molar-refractivity contribution < 1.29 is 18.5 Å². The van der Waals surface area contributed by atoms with E-state index in [9.17, 15) is 9.46 Å². The van der Waals surface area contributed by atoms with Crippen LogP contribution in [-0.4, -0.2) is 28.9 Å². The highest BCUT2D eigenvalue weighted by Gasteiger charge is 2.23. The van der Waals surface area contributed by atoms with Crippen LogP contribution in [0, 0.1) is 0 Å². The highest BCUT2D eigenvalue weighted by atomic mass is 35.5. The largest absolute Gasteiger partial charge is 0.472 e. The van der Waals surface area contributed by atoms with E-state index in [1.54, 1.807) is 0 Å². The molecular formula is C10H21Cl2O4P. The third kappa shape index (κ3) is 10.3. The molecule has 0 aliphatic rings. The summed E-state index contributed by atoms with van der Waals surface area (Å²) in [5, 5.41) is -0.543. The van der Waals surface area contributed by atoms with Crippen LogP contribution < -0.4 is 0 Å². The van der Waals surface area contributed by atoms with Crippen molar-refractivity contribution in [3.63, 3.8) is 0 Å². The van der Waals surface area contributed by atoms with Gasteiger partial charge < -0.3 is 4.89 Å². The van der Waals surface area contributed by atoms with Gasteiger partial charge in [-0.05, 0) is 12.8 Å². The van der Waals surface area contributed by atoms with Crippen molar-refractivity contribution in [1.82, 2.24) is 0 Å². The first-order valence-electron chi connectivity index (χ1n) is 5.81. The van der Waals surface area contributed by atoms with E-state index in [0.717, 1.165) is 25.7 Å². The van der Waals surface area contributed by atoms with Gasteiger partial charge in [0.2, 0.25) is 0 Å². The summed E-state index contributed by atoms with van der Waals surface area (Å²) in [5.74, 6) is 0. The van der Waals surface area contributed by atoms with Crippen LogP contribution in [0.25, 0.3) is 0 Å². The number of alkyl halides is 2. The molecule has 0 heterocycles. The molecule has 4 nitrogen and oxygen atoms in total. The fraction of sp³-hybridized carbons (Fsp3) is 1.00. The van der Waals surface area contributed by atoms with Crippen LogP contribution in [0.2, 0.25) is 0 Å². The molecule has 0 aromatic heterocycles. The van der Waals surface area contributed by atoms with Crippen molar-refractivity contribution in [2.45, 2.75) is 50.3 Å². The topological polar surface area (TPSA) is 55.8 Å². The van der Waals surface area contributed by atoms with Crippen molar-refractivity contribution in [1.29, 1.82) is 0 Å². The van der Waals surface area contributed by atoms with Gasteiger partial charge in [0.15, 0.2) is 0 Å². The highest BCUT2D eigenvalue weighted by molar-refractivity contribution is 7.47. The van der Waals surface area contributed by atoms with Crippen LogP contribution in [0.15, 0.2) is 0 Å². The molecule has 0 radical (unpaired) electrons. The van der Waals surface area contributed by atoms with Gasteiger partial charge >= 0.3 is 7.82 Å². The maximum Gasteiger partial charge on any atom is 0.472 e. The SMILES string of the molecule is CCCC(Cl)COP(=O)(O)OCC(Cl)CCC. The maximum atomic E-state index is 11.4. The standard InChI is InChI=1S/C10H21Cl2O4P/c1-3-5-9(11)7-15-17(13,14)16-8-10(12)6-4-2/h9-10H,3-8H2,1-2H3,(H,13,14). The van der Waals surface area contributed by atoms with Crippen molar-refractivity contribution in [3.05, 3.63) is 0 Å². The zero-order chi connectivity index (χ0) is 13.3. The summed E-state index contributed by atoms with van der Waals surface area (Å²) in [6.07, 6.45) is 3.26. The number of hydrogen-bond donors (Lipinski definition) is 1. The Hall–Kier alpha value is 0.690. The molecule has 0 fully saturated rings. The van der Waals surface area contributed by atoms with Gasteiger partial charge in [-0.1, -0.05) is 26.7 Å². The fourth-order valence-corrected chi connectivity index (χ4v) is 2.73. The van der Waals surface area contributed by atoms with E-state index < -0.39 is 7.82 Å². The molecule has 0 amide bonds. The van der Waals surface area contributed by atoms with E-state index in [1.165, 1.54) is 0 Å². The molecule has 0 saturated heterocycles. The molecule has 0 bridgehead atoms. The molecule has 2 unspecified atom stereocenters. The van der Waals surface area contributed by atoms with Gasteiger partial charge in [0.25, 0.3) is 0 Å². The minimum absolute atomic E-state index is 0.00387. The van der Waals surface area contributed by atoms with Gasteiger partial charge in [-0.25, -0.2) is 4.57 Å². The second-order valence-electron chi connectivity index (χ2n) is 3.83. The van der Waals surface area contributed by atoms with E-state index in [1.807, 2.05) is 13.8 Å². The Morgan fingerprint density at radius 3 is 1.71 bits per heavy atom. The zero-order valence-electron chi connectivity index (χ0n) is 10.3. The number of phosphoric acid groups is 1. The highest BCUT2D eigenvalue weighted by Crippen LogP contribution is 2.44. The molecular weight excluding hydrogens is 286 g/mol. The normalized spacial score (nSPS) is 18.6. The Labute approximate surface area is 113 Å². The smallest absolute Gasteiger partial charge is 0.302 e. The maximum absolute atomic E-state index is 11.4. The van der Waals surface area contributed by atoms with Crippen molar-refractivity contribution in [3.8, 4) is 0 Å². The molecule has 0 aromatic carbocycles. The van der Waals surface area contributed by atoms with Crippen LogP contribution in [0.1, 0.15) is 39.5 Å². The fourth-order valence-electron chi connectivity index (χ4n) is 1.18. The third-order valence-electron chi connectivity index (χ3n) is 2.04. The number of rotatable bonds is 10. The van der Waals surface area contributed by atoms with E-state index in [-0.39, 0.29) is 24.0 Å². The molecule has 7 heteroatoms.